The molecule has 0 aliphatic rings. The number of rotatable bonds is 9. The van der Waals surface area contributed by atoms with Gasteiger partial charge in [-0.05, 0) is 33.1 Å². The standard InChI is InChI=1S/C11H24N2O/c1-4-13(5-2)10-9-12(3)8-6-7-11-14/h11H,4-10H2,1-3H3. The van der Waals surface area contributed by atoms with Crippen LogP contribution in [0.1, 0.15) is 26.7 Å². The highest BCUT2D eigenvalue weighted by Crippen LogP contribution is 1.92. The highest BCUT2D eigenvalue weighted by atomic mass is 16.1. The molecule has 0 N–H and O–H groups in total. The molecular weight excluding hydrogens is 176 g/mol. The van der Waals surface area contributed by atoms with Gasteiger partial charge in [0, 0.05) is 19.5 Å². The smallest absolute Gasteiger partial charge is 0.120 e. The van der Waals surface area contributed by atoms with Crippen LogP contribution in [-0.4, -0.2) is 55.9 Å². The molecule has 0 amide bonds. The van der Waals surface area contributed by atoms with Crippen molar-refractivity contribution in [2.75, 3.05) is 39.8 Å². The number of carbonyl (C=O) groups excluding carboxylic acids is 1. The van der Waals surface area contributed by atoms with Gasteiger partial charge in [-0.25, -0.2) is 0 Å². The fourth-order valence-corrected chi connectivity index (χ4v) is 1.41. The second kappa shape index (κ2) is 9.16. The Balaban J connectivity index is 3.41. The van der Waals surface area contributed by atoms with Crippen molar-refractivity contribution in [3.05, 3.63) is 0 Å². The highest BCUT2D eigenvalue weighted by Gasteiger charge is 2.01. The van der Waals surface area contributed by atoms with Gasteiger partial charge in [0.1, 0.15) is 6.29 Å². The van der Waals surface area contributed by atoms with Gasteiger partial charge in [0.15, 0.2) is 0 Å². The number of hydrogen-bond donors (Lipinski definition) is 0. The summed E-state index contributed by atoms with van der Waals surface area (Å²) < 4.78 is 0. The number of aldehydes is 1. The first-order chi connectivity index (χ1) is 6.74. The largest absolute Gasteiger partial charge is 0.305 e. The van der Waals surface area contributed by atoms with Crippen molar-refractivity contribution in [1.82, 2.24) is 9.80 Å². The predicted molar refractivity (Wildman–Crippen MR) is 60.6 cm³/mol. The fraction of sp³-hybridized carbons (Fsp3) is 0.909. The van der Waals surface area contributed by atoms with Crippen LogP contribution < -0.4 is 0 Å². The maximum absolute atomic E-state index is 10.1. The molecule has 0 unspecified atom stereocenters. The zero-order chi connectivity index (χ0) is 10.8. The van der Waals surface area contributed by atoms with Crippen molar-refractivity contribution in [3.8, 4) is 0 Å². The molecule has 0 atom stereocenters. The van der Waals surface area contributed by atoms with E-state index in [0.29, 0.717) is 6.42 Å². The summed E-state index contributed by atoms with van der Waals surface area (Å²) >= 11 is 0. The lowest BCUT2D eigenvalue weighted by molar-refractivity contribution is -0.108. The Morgan fingerprint density at radius 2 is 1.71 bits per heavy atom. The van der Waals surface area contributed by atoms with E-state index in [2.05, 4.69) is 30.7 Å². The number of likely N-dealkylation sites (N-methyl/N-ethyl adjacent to an activating group) is 2. The molecule has 0 aromatic carbocycles. The van der Waals surface area contributed by atoms with Gasteiger partial charge in [-0.3, -0.25) is 0 Å². The lowest BCUT2D eigenvalue weighted by Crippen LogP contribution is -2.33. The van der Waals surface area contributed by atoms with Crippen LogP contribution >= 0.6 is 0 Å². The van der Waals surface area contributed by atoms with Gasteiger partial charge in [0.25, 0.3) is 0 Å². The van der Waals surface area contributed by atoms with Crippen LogP contribution in [0.15, 0.2) is 0 Å². The topological polar surface area (TPSA) is 23.6 Å². The van der Waals surface area contributed by atoms with E-state index in [0.717, 1.165) is 45.4 Å². The minimum atomic E-state index is 0.690. The zero-order valence-corrected chi connectivity index (χ0v) is 9.83. The van der Waals surface area contributed by atoms with Crippen LogP contribution in [0.4, 0.5) is 0 Å². The second-order valence-electron chi connectivity index (χ2n) is 3.64. The van der Waals surface area contributed by atoms with E-state index < -0.39 is 0 Å². The Bertz CT molecular complexity index is 135. The first-order valence-corrected chi connectivity index (χ1v) is 5.59. The number of hydrogen-bond acceptors (Lipinski definition) is 3. The summed E-state index contributed by atoms with van der Waals surface area (Å²) in [6, 6.07) is 0. The van der Waals surface area contributed by atoms with Gasteiger partial charge in [-0.15, -0.1) is 0 Å². The molecule has 0 rings (SSSR count). The Labute approximate surface area is 88.1 Å². The van der Waals surface area contributed by atoms with E-state index in [9.17, 15) is 4.79 Å². The predicted octanol–water partition coefficient (Wildman–Crippen LogP) is 1.24. The third-order valence-corrected chi connectivity index (χ3v) is 2.55. The SMILES string of the molecule is CCN(CC)CCN(C)CCCC=O. The van der Waals surface area contributed by atoms with Crippen molar-refractivity contribution in [3.63, 3.8) is 0 Å². The minimum Gasteiger partial charge on any atom is -0.305 e. The molecule has 0 radical (unpaired) electrons. The quantitative estimate of drug-likeness (QED) is 0.413. The number of carbonyl (C=O) groups is 1. The maximum atomic E-state index is 10.1. The summed E-state index contributed by atoms with van der Waals surface area (Å²) in [7, 11) is 2.12. The summed E-state index contributed by atoms with van der Waals surface area (Å²) in [6.45, 7) is 9.88. The van der Waals surface area contributed by atoms with E-state index in [1.807, 2.05) is 0 Å². The number of unbranched alkanes of at least 4 members (excludes halogenated alkanes) is 1. The van der Waals surface area contributed by atoms with Crippen molar-refractivity contribution in [1.29, 1.82) is 0 Å². The third kappa shape index (κ3) is 7.04. The van der Waals surface area contributed by atoms with Crippen LogP contribution in [0.3, 0.4) is 0 Å². The van der Waals surface area contributed by atoms with Gasteiger partial charge in [0.05, 0.1) is 0 Å². The Kier molecular flexibility index (Phi) is 8.89. The van der Waals surface area contributed by atoms with E-state index >= 15 is 0 Å². The van der Waals surface area contributed by atoms with E-state index in [4.69, 9.17) is 0 Å². The van der Waals surface area contributed by atoms with Crippen molar-refractivity contribution >= 4 is 6.29 Å². The lowest BCUT2D eigenvalue weighted by atomic mass is 10.3. The second-order valence-corrected chi connectivity index (χ2v) is 3.64. The van der Waals surface area contributed by atoms with E-state index in [1.165, 1.54) is 0 Å². The minimum absolute atomic E-state index is 0.690. The molecule has 0 bridgehead atoms. The van der Waals surface area contributed by atoms with Gasteiger partial charge >= 0.3 is 0 Å². The molecule has 0 saturated heterocycles. The first-order valence-electron chi connectivity index (χ1n) is 5.59. The monoisotopic (exact) mass is 200 g/mol. The summed E-state index contributed by atoms with van der Waals surface area (Å²) in [4.78, 5) is 14.8. The normalized spacial score (nSPS) is 11.2. The Morgan fingerprint density at radius 1 is 1.07 bits per heavy atom. The number of nitrogens with zero attached hydrogens (tertiary/aromatic N) is 2. The van der Waals surface area contributed by atoms with Gasteiger partial charge in [0.2, 0.25) is 0 Å². The molecule has 14 heavy (non-hydrogen) atoms. The van der Waals surface area contributed by atoms with Crippen LogP contribution in [-0.2, 0) is 4.79 Å². The summed E-state index contributed by atoms with van der Waals surface area (Å²) in [5, 5.41) is 0. The van der Waals surface area contributed by atoms with Crippen LogP contribution in [0, 0.1) is 0 Å². The molecule has 0 aliphatic heterocycles. The van der Waals surface area contributed by atoms with Crippen LogP contribution in [0.2, 0.25) is 0 Å². The molecule has 84 valence electrons. The van der Waals surface area contributed by atoms with E-state index in [1.54, 1.807) is 0 Å². The van der Waals surface area contributed by atoms with Crippen LogP contribution in [0.5, 0.6) is 0 Å². The average molecular weight is 200 g/mol. The molecule has 0 saturated carbocycles. The molecular formula is C11H24N2O. The first kappa shape index (κ1) is 13.6. The molecule has 0 spiro atoms. The molecule has 3 heteroatoms. The Morgan fingerprint density at radius 3 is 2.21 bits per heavy atom. The van der Waals surface area contributed by atoms with Gasteiger partial charge < -0.3 is 14.6 Å². The maximum Gasteiger partial charge on any atom is 0.120 e. The van der Waals surface area contributed by atoms with E-state index in [-0.39, 0.29) is 0 Å². The zero-order valence-electron chi connectivity index (χ0n) is 9.83. The van der Waals surface area contributed by atoms with Gasteiger partial charge in [-0.2, -0.15) is 0 Å². The fourth-order valence-electron chi connectivity index (χ4n) is 1.41. The molecule has 0 aromatic rings. The molecule has 0 fully saturated rings. The third-order valence-electron chi connectivity index (χ3n) is 2.55. The Hall–Kier alpha value is -0.410. The van der Waals surface area contributed by atoms with Gasteiger partial charge in [-0.1, -0.05) is 13.8 Å². The molecule has 0 aliphatic carbocycles. The van der Waals surface area contributed by atoms with Crippen LogP contribution in [0.25, 0.3) is 0 Å². The molecule has 3 nitrogen and oxygen atoms in total. The summed E-state index contributed by atoms with van der Waals surface area (Å²) in [6.07, 6.45) is 2.67. The van der Waals surface area contributed by atoms with Crippen molar-refractivity contribution < 1.29 is 4.79 Å². The van der Waals surface area contributed by atoms with Crippen molar-refractivity contribution in [2.45, 2.75) is 26.7 Å². The average Bonchev–Trinajstić information content (AvgIpc) is 2.20. The molecule has 0 aromatic heterocycles. The highest BCUT2D eigenvalue weighted by molar-refractivity contribution is 5.48. The lowest BCUT2D eigenvalue weighted by Gasteiger charge is -2.22. The van der Waals surface area contributed by atoms with Crippen molar-refractivity contribution in [2.24, 2.45) is 0 Å². The molecule has 0 heterocycles. The summed E-state index contributed by atoms with van der Waals surface area (Å²) in [5.74, 6) is 0. The summed E-state index contributed by atoms with van der Waals surface area (Å²) in [5.41, 5.74) is 0.